The Balaban J connectivity index is 2.24. The molecule has 134 valence electrons. The third kappa shape index (κ3) is 4.69. The highest BCUT2D eigenvalue weighted by Crippen LogP contribution is 2.43. The molecule has 9 nitrogen and oxygen atoms in total. The molecule has 0 aromatic carbocycles. The Hall–Kier alpha value is -1.16. The van der Waals surface area contributed by atoms with Crippen molar-refractivity contribution in [2.24, 2.45) is 0 Å². The Kier molecular flexibility index (Phi) is 6.24. The van der Waals surface area contributed by atoms with Crippen LogP contribution in [0, 0.1) is 6.92 Å². The molecule has 2 atom stereocenters. The largest absolute Gasteiger partial charge is 0.506 e. The lowest BCUT2D eigenvalue weighted by atomic mass is 10.1. The number of rotatable bonds is 6. The molecule has 24 heavy (non-hydrogen) atoms. The van der Waals surface area contributed by atoms with Crippen molar-refractivity contribution >= 4 is 25.6 Å². The molecule has 1 aliphatic heterocycles. The quantitative estimate of drug-likeness (QED) is 0.418. The van der Waals surface area contributed by atoms with Gasteiger partial charge >= 0.3 is 13.8 Å². The Morgan fingerprint density at radius 2 is 2.25 bits per heavy atom. The van der Waals surface area contributed by atoms with Crippen LogP contribution < -0.4 is 5.32 Å². The maximum absolute atomic E-state index is 11.8. The Bertz CT molecular complexity index is 666. The Labute approximate surface area is 143 Å². The first-order valence-corrected chi connectivity index (χ1v) is 9.72. The summed E-state index contributed by atoms with van der Waals surface area (Å²) in [6.07, 6.45) is 1.39. The first-order valence-electron chi connectivity index (χ1n) is 7.14. The molecule has 1 fully saturated rings. The van der Waals surface area contributed by atoms with Crippen LogP contribution in [0.3, 0.4) is 0 Å². The highest BCUT2D eigenvalue weighted by Gasteiger charge is 2.34. The molecule has 0 spiro atoms. The maximum atomic E-state index is 11.8. The summed E-state index contributed by atoms with van der Waals surface area (Å²) in [4.78, 5) is 33.5. The number of carbonyl (C=O) groups excluding carboxylic acids is 1. The zero-order chi connectivity index (χ0) is 17.9. The number of aromatic nitrogens is 1. The number of nitrogens with zero attached hydrogens (tertiary/aromatic N) is 1. The molecule has 1 aliphatic rings. The summed E-state index contributed by atoms with van der Waals surface area (Å²) in [5.74, 6) is -0.0366. The monoisotopic (exact) mass is 378 g/mol. The fourth-order valence-electron chi connectivity index (χ4n) is 2.23. The lowest BCUT2D eigenvalue weighted by molar-refractivity contribution is -0.144. The van der Waals surface area contributed by atoms with Gasteiger partial charge in [-0.3, -0.25) is 19.6 Å². The molecule has 0 saturated carbocycles. The number of hydrogen-bond acceptors (Lipinski definition) is 8. The molecule has 2 heterocycles. The summed E-state index contributed by atoms with van der Waals surface area (Å²) in [7, 11) is -4.66. The second-order valence-corrected chi connectivity index (χ2v) is 7.46. The minimum atomic E-state index is -4.66. The summed E-state index contributed by atoms with van der Waals surface area (Å²) in [6.45, 7) is 3.18. The van der Waals surface area contributed by atoms with Crippen molar-refractivity contribution in [2.45, 2.75) is 31.9 Å². The molecule has 4 N–H and O–H groups in total. The van der Waals surface area contributed by atoms with E-state index in [-0.39, 0.29) is 18.3 Å². The average molecular weight is 378 g/mol. The van der Waals surface area contributed by atoms with E-state index in [1.54, 1.807) is 13.8 Å². The molecule has 1 aromatic rings. The third-order valence-corrected chi connectivity index (χ3v) is 5.06. The summed E-state index contributed by atoms with van der Waals surface area (Å²) in [6, 6.07) is -0.525. The first-order chi connectivity index (χ1) is 11.2. The van der Waals surface area contributed by atoms with Crippen LogP contribution in [0.25, 0.3) is 0 Å². The van der Waals surface area contributed by atoms with Crippen LogP contribution >= 0.6 is 19.6 Å². The highest BCUT2D eigenvalue weighted by atomic mass is 32.2. The molecule has 11 heteroatoms. The van der Waals surface area contributed by atoms with Gasteiger partial charge in [0.1, 0.15) is 11.8 Å². The van der Waals surface area contributed by atoms with Gasteiger partial charge in [0.15, 0.2) is 0 Å². The van der Waals surface area contributed by atoms with Crippen LogP contribution in [-0.4, -0.2) is 44.2 Å². The zero-order valence-electron chi connectivity index (χ0n) is 13.1. The van der Waals surface area contributed by atoms with Gasteiger partial charge in [0.05, 0.1) is 24.3 Å². The van der Waals surface area contributed by atoms with Crippen LogP contribution in [0.1, 0.15) is 29.1 Å². The van der Waals surface area contributed by atoms with Crippen molar-refractivity contribution in [1.29, 1.82) is 0 Å². The molecule has 0 aliphatic carbocycles. The smallest absolute Gasteiger partial charge is 0.469 e. The number of aromatic hydroxyl groups is 1. The summed E-state index contributed by atoms with van der Waals surface area (Å²) in [5.41, 5.74) is 1.09. The summed E-state index contributed by atoms with van der Waals surface area (Å²) in [5, 5.41) is 12.9. The number of phosphoric ester groups is 1. The standard InChI is InChI=1S/C13H19N2O7PS/c1-3-21-13(17)9-6-24-12(15-9)10-8(5-22-23(18,19)20)4-14-7(2)11(10)16/h4,9,12,15-16H,3,5-6H2,1-2H3,(H2,18,19,20)/t9-,12+/m0/s1. The summed E-state index contributed by atoms with van der Waals surface area (Å²) >= 11 is 1.38. The van der Waals surface area contributed by atoms with Gasteiger partial charge in [0.25, 0.3) is 0 Å². The van der Waals surface area contributed by atoms with E-state index in [9.17, 15) is 14.5 Å². The highest BCUT2D eigenvalue weighted by molar-refractivity contribution is 7.99. The van der Waals surface area contributed by atoms with Crippen LogP contribution in [0.2, 0.25) is 0 Å². The fraction of sp³-hybridized carbons (Fsp3) is 0.538. The molecule has 0 radical (unpaired) electrons. The zero-order valence-corrected chi connectivity index (χ0v) is 14.8. The second kappa shape index (κ2) is 7.81. The molecule has 2 rings (SSSR count). The van der Waals surface area contributed by atoms with Gasteiger partial charge in [-0.15, -0.1) is 11.8 Å². The van der Waals surface area contributed by atoms with Crippen molar-refractivity contribution in [1.82, 2.24) is 10.3 Å². The van der Waals surface area contributed by atoms with E-state index in [2.05, 4.69) is 14.8 Å². The normalized spacial score (nSPS) is 21.0. The van der Waals surface area contributed by atoms with Crippen LogP contribution in [0.5, 0.6) is 5.75 Å². The van der Waals surface area contributed by atoms with E-state index in [1.807, 2.05) is 0 Å². The number of pyridine rings is 1. The number of phosphoric acid groups is 1. The van der Waals surface area contributed by atoms with Crippen LogP contribution in [0.15, 0.2) is 6.20 Å². The van der Waals surface area contributed by atoms with E-state index < -0.39 is 25.8 Å². The maximum Gasteiger partial charge on any atom is 0.469 e. The molecule has 0 unspecified atom stereocenters. The minimum Gasteiger partial charge on any atom is -0.506 e. The minimum absolute atomic E-state index is 0.101. The van der Waals surface area contributed by atoms with E-state index in [0.29, 0.717) is 22.6 Å². The summed E-state index contributed by atoms with van der Waals surface area (Å²) < 4.78 is 20.4. The lowest BCUT2D eigenvalue weighted by Gasteiger charge is -2.19. The predicted molar refractivity (Wildman–Crippen MR) is 86.2 cm³/mol. The number of esters is 1. The molecular weight excluding hydrogens is 359 g/mol. The van der Waals surface area contributed by atoms with Crippen molar-refractivity contribution in [3.8, 4) is 5.75 Å². The predicted octanol–water partition coefficient (Wildman–Crippen LogP) is 0.972. The van der Waals surface area contributed by atoms with Gasteiger partial charge in [-0.25, -0.2) is 4.57 Å². The van der Waals surface area contributed by atoms with Gasteiger partial charge < -0.3 is 19.6 Å². The van der Waals surface area contributed by atoms with E-state index in [4.69, 9.17) is 14.5 Å². The van der Waals surface area contributed by atoms with Gasteiger partial charge in [-0.1, -0.05) is 0 Å². The molecular formula is C13H19N2O7PS. The number of nitrogens with one attached hydrogen (secondary N) is 1. The fourth-order valence-corrected chi connectivity index (χ4v) is 3.85. The number of hydrogen-bond donors (Lipinski definition) is 4. The number of thioether (sulfide) groups is 1. The van der Waals surface area contributed by atoms with Crippen LogP contribution in [0.4, 0.5) is 0 Å². The van der Waals surface area contributed by atoms with E-state index >= 15 is 0 Å². The van der Waals surface area contributed by atoms with Crippen LogP contribution in [-0.2, 0) is 25.2 Å². The van der Waals surface area contributed by atoms with Gasteiger partial charge in [0, 0.05) is 23.1 Å². The number of aryl methyl sites for hydroxylation is 1. The average Bonchev–Trinajstić information content (AvgIpc) is 2.97. The third-order valence-electron chi connectivity index (χ3n) is 3.36. The first kappa shape index (κ1) is 19.2. The van der Waals surface area contributed by atoms with Gasteiger partial charge in [-0.05, 0) is 13.8 Å². The van der Waals surface area contributed by atoms with E-state index in [0.717, 1.165) is 0 Å². The molecule has 0 bridgehead atoms. The van der Waals surface area contributed by atoms with Gasteiger partial charge in [-0.2, -0.15) is 0 Å². The van der Waals surface area contributed by atoms with Gasteiger partial charge in [0.2, 0.25) is 0 Å². The van der Waals surface area contributed by atoms with Crippen molar-refractivity contribution in [2.75, 3.05) is 12.4 Å². The molecule has 1 saturated heterocycles. The second-order valence-electron chi connectivity index (χ2n) is 5.08. The van der Waals surface area contributed by atoms with Crippen molar-refractivity contribution < 1.29 is 33.5 Å². The Morgan fingerprint density at radius 1 is 1.54 bits per heavy atom. The molecule has 1 aromatic heterocycles. The van der Waals surface area contributed by atoms with Crippen molar-refractivity contribution in [3.05, 3.63) is 23.0 Å². The van der Waals surface area contributed by atoms with Crippen molar-refractivity contribution in [3.63, 3.8) is 0 Å². The lowest BCUT2D eigenvalue weighted by Crippen LogP contribution is -2.35. The number of carbonyl (C=O) groups is 1. The topological polar surface area (TPSA) is 138 Å². The Morgan fingerprint density at radius 3 is 2.88 bits per heavy atom. The number of ether oxygens (including phenoxy) is 1. The van der Waals surface area contributed by atoms with E-state index in [1.165, 1.54) is 18.0 Å². The molecule has 0 amide bonds. The SMILES string of the molecule is CCOC(=O)[C@@H]1CS[C@H](c2c(COP(=O)(O)O)cnc(C)c2O)N1.